The minimum atomic E-state index is 0.0781. The van der Waals surface area contributed by atoms with Crippen molar-refractivity contribution in [1.82, 2.24) is 14.9 Å². The molecule has 0 atom stereocenters. The molecule has 0 unspecified atom stereocenters. The van der Waals surface area contributed by atoms with E-state index in [1.165, 1.54) is 17.2 Å². The van der Waals surface area contributed by atoms with E-state index in [0.717, 1.165) is 39.1 Å². The molecule has 1 aliphatic rings. The standard InChI is InChI=1S/C17H31N3O/c1-16(2,3)15-19-13-11-18-9-7-14(13)20(15)12-17(4,5)8-10-21-6/h18H,7-12H2,1-6H3. The molecule has 1 aliphatic heterocycles. The van der Waals surface area contributed by atoms with Crippen molar-refractivity contribution < 1.29 is 4.74 Å². The summed E-state index contributed by atoms with van der Waals surface area (Å²) in [4.78, 5) is 4.96. The maximum atomic E-state index is 5.27. The van der Waals surface area contributed by atoms with E-state index < -0.39 is 0 Å². The second kappa shape index (κ2) is 6.09. The average Bonchev–Trinajstić information content (AvgIpc) is 2.75. The van der Waals surface area contributed by atoms with Crippen molar-refractivity contribution in [1.29, 1.82) is 0 Å². The Labute approximate surface area is 129 Å². The van der Waals surface area contributed by atoms with Crippen LogP contribution in [-0.2, 0) is 29.7 Å². The van der Waals surface area contributed by atoms with E-state index in [0.29, 0.717) is 0 Å². The molecule has 0 spiro atoms. The van der Waals surface area contributed by atoms with Gasteiger partial charge in [0.05, 0.1) is 5.69 Å². The van der Waals surface area contributed by atoms with Gasteiger partial charge in [-0.25, -0.2) is 4.98 Å². The lowest BCUT2D eigenvalue weighted by Gasteiger charge is -2.30. The van der Waals surface area contributed by atoms with E-state index in [1.807, 2.05) is 0 Å². The Morgan fingerprint density at radius 3 is 2.57 bits per heavy atom. The summed E-state index contributed by atoms with van der Waals surface area (Å²) in [5, 5.41) is 3.43. The molecular weight excluding hydrogens is 262 g/mol. The van der Waals surface area contributed by atoms with Crippen molar-refractivity contribution in [2.24, 2.45) is 5.41 Å². The molecule has 0 radical (unpaired) electrons. The number of imidazole rings is 1. The highest BCUT2D eigenvalue weighted by molar-refractivity contribution is 5.23. The first kappa shape index (κ1) is 16.5. The lowest BCUT2D eigenvalue weighted by molar-refractivity contribution is 0.140. The fraction of sp³-hybridized carbons (Fsp3) is 0.824. The highest BCUT2D eigenvalue weighted by Crippen LogP contribution is 2.31. The normalized spacial score (nSPS) is 16.1. The first-order valence-corrected chi connectivity index (χ1v) is 8.03. The molecule has 1 aromatic heterocycles. The number of ether oxygens (including phenoxy) is 1. The van der Waals surface area contributed by atoms with Crippen LogP contribution >= 0.6 is 0 Å². The van der Waals surface area contributed by atoms with E-state index in [9.17, 15) is 0 Å². The van der Waals surface area contributed by atoms with E-state index in [-0.39, 0.29) is 10.8 Å². The van der Waals surface area contributed by atoms with Gasteiger partial charge in [0.15, 0.2) is 0 Å². The van der Waals surface area contributed by atoms with Crippen molar-refractivity contribution in [3.05, 3.63) is 17.2 Å². The van der Waals surface area contributed by atoms with Crippen molar-refractivity contribution in [2.45, 2.75) is 66.0 Å². The Hall–Kier alpha value is -0.870. The van der Waals surface area contributed by atoms with Crippen molar-refractivity contribution in [3.8, 4) is 0 Å². The molecule has 2 rings (SSSR count). The van der Waals surface area contributed by atoms with Crippen LogP contribution in [0, 0.1) is 5.41 Å². The molecule has 4 heteroatoms. The minimum absolute atomic E-state index is 0.0781. The van der Waals surface area contributed by atoms with Crippen LogP contribution < -0.4 is 5.32 Å². The zero-order valence-corrected chi connectivity index (χ0v) is 14.5. The predicted molar refractivity (Wildman–Crippen MR) is 86.6 cm³/mol. The third kappa shape index (κ3) is 3.86. The molecule has 0 fully saturated rings. The van der Waals surface area contributed by atoms with Crippen LogP contribution in [-0.4, -0.2) is 29.8 Å². The van der Waals surface area contributed by atoms with Gasteiger partial charge in [0.1, 0.15) is 5.82 Å². The van der Waals surface area contributed by atoms with Gasteiger partial charge in [-0.15, -0.1) is 0 Å². The Morgan fingerprint density at radius 2 is 1.95 bits per heavy atom. The van der Waals surface area contributed by atoms with Crippen LogP contribution in [0.25, 0.3) is 0 Å². The zero-order valence-electron chi connectivity index (χ0n) is 14.5. The molecule has 4 nitrogen and oxygen atoms in total. The molecule has 2 heterocycles. The van der Waals surface area contributed by atoms with Gasteiger partial charge in [-0.3, -0.25) is 0 Å². The SMILES string of the molecule is COCCC(C)(C)Cn1c(C(C)(C)C)nc2c1CCNC2. The maximum Gasteiger partial charge on any atom is 0.114 e. The topological polar surface area (TPSA) is 39.1 Å². The van der Waals surface area contributed by atoms with Gasteiger partial charge in [0.25, 0.3) is 0 Å². The van der Waals surface area contributed by atoms with Crippen molar-refractivity contribution >= 4 is 0 Å². The fourth-order valence-electron chi connectivity index (χ4n) is 3.00. The van der Waals surface area contributed by atoms with Gasteiger partial charge in [0, 0.05) is 50.9 Å². The van der Waals surface area contributed by atoms with Crippen LogP contribution in [0.4, 0.5) is 0 Å². The third-order valence-corrected chi connectivity index (χ3v) is 4.23. The summed E-state index contributed by atoms with van der Waals surface area (Å²) in [5.41, 5.74) is 2.97. The van der Waals surface area contributed by atoms with Crippen LogP contribution in [0.5, 0.6) is 0 Å². The first-order valence-electron chi connectivity index (χ1n) is 8.03. The molecule has 21 heavy (non-hydrogen) atoms. The number of hydrogen-bond acceptors (Lipinski definition) is 3. The highest BCUT2D eigenvalue weighted by Gasteiger charge is 2.30. The number of rotatable bonds is 5. The van der Waals surface area contributed by atoms with Crippen molar-refractivity contribution in [2.75, 3.05) is 20.3 Å². The number of fused-ring (bicyclic) bond motifs is 1. The van der Waals surface area contributed by atoms with E-state index in [1.54, 1.807) is 7.11 Å². The largest absolute Gasteiger partial charge is 0.385 e. The van der Waals surface area contributed by atoms with Gasteiger partial charge in [0.2, 0.25) is 0 Å². The van der Waals surface area contributed by atoms with Crippen molar-refractivity contribution in [3.63, 3.8) is 0 Å². The third-order valence-electron chi connectivity index (χ3n) is 4.23. The molecule has 0 bridgehead atoms. The molecule has 0 amide bonds. The molecular formula is C17H31N3O. The summed E-state index contributed by atoms with van der Waals surface area (Å²) in [6.45, 7) is 15.2. The minimum Gasteiger partial charge on any atom is -0.385 e. The number of nitrogens with zero attached hydrogens (tertiary/aromatic N) is 2. The lowest BCUT2D eigenvalue weighted by atomic mass is 9.88. The number of aromatic nitrogens is 2. The van der Waals surface area contributed by atoms with Gasteiger partial charge < -0.3 is 14.6 Å². The van der Waals surface area contributed by atoms with Crippen LogP contribution in [0.2, 0.25) is 0 Å². The second-order valence-electron chi connectivity index (χ2n) is 8.00. The fourth-order valence-corrected chi connectivity index (χ4v) is 3.00. The summed E-state index contributed by atoms with van der Waals surface area (Å²) in [7, 11) is 1.78. The van der Waals surface area contributed by atoms with Gasteiger partial charge in [-0.1, -0.05) is 34.6 Å². The smallest absolute Gasteiger partial charge is 0.114 e. The summed E-state index contributed by atoms with van der Waals surface area (Å²) in [6, 6.07) is 0. The Balaban J connectivity index is 2.34. The Morgan fingerprint density at radius 1 is 1.24 bits per heavy atom. The number of methoxy groups -OCH3 is 1. The Kier molecular flexibility index (Phi) is 4.79. The summed E-state index contributed by atoms with van der Waals surface area (Å²) >= 11 is 0. The van der Waals surface area contributed by atoms with Crippen LogP contribution in [0.15, 0.2) is 0 Å². The summed E-state index contributed by atoms with van der Waals surface area (Å²) < 4.78 is 7.76. The average molecular weight is 293 g/mol. The van der Waals surface area contributed by atoms with Crippen LogP contribution in [0.1, 0.15) is 58.3 Å². The predicted octanol–water partition coefficient (Wildman–Crippen LogP) is 2.89. The van der Waals surface area contributed by atoms with E-state index in [4.69, 9.17) is 9.72 Å². The van der Waals surface area contributed by atoms with E-state index in [2.05, 4.69) is 44.5 Å². The van der Waals surface area contributed by atoms with Gasteiger partial charge in [-0.2, -0.15) is 0 Å². The molecule has 0 aliphatic carbocycles. The van der Waals surface area contributed by atoms with E-state index >= 15 is 0 Å². The lowest BCUT2D eigenvalue weighted by Crippen LogP contribution is -2.30. The monoisotopic (exact) mass is 293 g/mol. The molecule has 0 saturated heterocycles. The maximum absolute atomic E-state index is 5.27. The molecule has 120 valence electrons. The van der Waals surface area contributed by atoms with Gasteiger partial charge >= 0.3 is 0 Å². The first-order chi connectivity index (χ1) is 9.74. The van der Waals surface area contributed by atoms with Gasteiger partial charge in [-0.05, 0) is 11.8 Å². The second-order valence-corrected chi connectivity index (χ2v) is 8.00. The summed E-state index contributed by atoms with van der Waals surface area (Å²) in [6.07, 6.45) is 2.15. The zero-order chi connectivity index (χ0) is 15.7. The molecule has 0 aromatic carbocycles. The summed E-state index contributed by atoms with van der Waals surface area (Å²) in [5.74, 6) is 1.22. The molecule has 1 aromatic rings. The molecule has 0 saturated carbocycles. The molecule has 1 N–H and O–H groups in total. The highest BCUT2D eigenvalue weighted by atomic mass is 16.5. The number of nitrogens with one attached hydrogen (secondary N) is 1. The van der Waals surface area contributed by atoms with Crippen LogP contribution in [0.3, 0.4) is 0 Å². The quantitative estimate of drug-likeness (QED) is 0.907. The Bertz CT molecular complexity index is 483. The number of hydrogen-bond donors (Lipinski definition) is 1.